The normalized spacial score (nSPS) is 31.5. The van der Waals surface area contributed by atoms with Crippen molar-refractivity contribution < 1.29 is 13.9 Å². The van der Waals surface area contributed by atoms with Crippen molar-refractivity contribution >= 4 is 5.97 Å². The van der Waals surface area contributed by atoms with Gasteiger partial charge in [0.1, 0.15) is 11.4 Å². The number of ether oxygens (including phenoxy) is 1. The van der Waals surface area contributed by atoms with E-state index in [4.69, 9.17) is 10.00 Å². The molecule has 1 aromatic carbocycles. The van der Waals surface area contributed by atoms with E-state index in [9.17, 15) is 4.79 Å². The van der Waals surface area contributed by atoms with Gasteiger partial charge in [0.25, 0.3) is 0 Å². The van der Waals surface area contributed by atoms with Crippen molar-refractivity contribution in [3.8, 4) is 11.8 Å². The predicted molar refractivity (Wildman–Crippen MR) is 89.4 cm³/mol. The van der Waals surface area contributed by atoms with E-state index < -0.39 is 5.67 Å². The number of alkyl halides is 1. The summed E-state index contributed by atoms with van der Waals surface area (Å²) in [5.41, 5.74) is 1.32. The van der Waals surface area contributed by atoms with Crippen molar-refractivity contribution in [2.24, 2.45) is 11.8 Å². The van der Waals surface area contributed by atoms with Gasteiger partial charge < -0.3 is 4.74 Å². The molecule has 0 aromatic heterocycles. The van der Waals surface area contributed by atoms with Gasteiger partial charge in [0.05, 0.1) is 6.07 Å². The molecule has 2 unspecified atom stereocenters. The quantitative estimate of drug-likeness (QED) is 0.596. The van der Waals surface area contributed by atoms with Crippen molar-refractivity contribution in [2.45, 2.75) is 64.0 Å². The van der Waals surface area contributed by atoms with Gasteiger partial charge in [-0.25, -0.2) is 4.39 Å². The van der Waals surface area contributed by atoms with Crippen LogP contribution in [0.15, 0.2) is 18.2 Å². The molecule has 1 saturated carbocycles. The van der Waals surface area contributed by atoms with E-state index in [2.05, 4.69) is 6.07 Å². The number of hydrogen-bond donors (Lipinski definition) is 0. The Morgan fingerprint density at radius 2 is 2.25 bits per heavy atom. The molecule has 0 heterocycles. The van der Waals surface area contributed by atoms with Gasteiger partial charge in [-0.3, -0.25) is 4.79 Å². The lowest BCUT2D eigenvalue weighted by atomic mass is 9.58. The van der Waals surface area contributed by atoms with Crippen LogP contribution in [0.1, 0.15) is 63.0 Å². The van der Waals surface area contributed by atoms with Gasteiger partial charge in [0.2, 0.25) is 0 Å². The average Bonchev–Trinajstić information content (AvgIpc) is 2.52. The van der Waals surface area contributed by atoms with Crippen LogP contribution < -0.4 is 4.74 Å². The van der Waals surface area contributed by atoms with Gasteiger partial charge in [-0.15, -0.1) is 0 Å². The van der Waals surface area contributed by atoms with Crippen LogP contribution in [-0.2, 0) is 11.2 Å². The van der Waals surface area contributed by atoms with Gasteiger partial charge >= 0.3 is 5.97 Å². The lowest BCUT2D eigenvalue weighted by Crippen LogP contribution is -2.44. The SMILES string of the molecule is CC(=O)Oc1ccc2c(c1)CCC1C2CC[C@@](C)(F)[C@@H]1CCC#N. The molecular formula is C20H24FNO2. The van der Waals surface area contributed by atoms with Gasteiger partial charge in [0, 0.05) is 13.3 Å². The monoisotopic (exact) mass is 329 g/mol. The molecule has 2 aliphatic carbocycles. The average molecular weight is 329 g/mol. The molecule has 0 N–H and O–H groups in total. The topological polar surface area (TPSA) is 50.1 Å². The van der Waals surface area contributed by atoms with E-state index in [1.54, 1.807) is 6.92 Å². The number of nitriles is 1. The molecule has 0 spiro atoms. The second-order valence-corrected chi connectivity index (χ2v) is 7.38. The van der Waals surface area contributed by atoms with E-state index in [0.717, 1.165) is 19.3 Å². The second kappa shape index (κ2) is 6.55. The van der Waals surface area contributed by atoms with Crippen molar-refractivity contribution in [3.05, 3.63) is 29.3 Å². The third-order valence-electron chi connectivity index (χ3n) is 5.84. The number of aryl methyl sites for hydroxylation is 1. The van der Waals surface area contributed by atoms with Crippen molar-refractivity contribution in [1.82, 2.24) is 0 Å². The Kier molecular flexibility index (Phi) is 4.62. The number of nitrogens with zero attached hydrogens (tertiary/aromatic N) is 1. The molecule has 3 rings (SSSR count). The van der Waals surface area contributed by atoms with Crippen LogP contribution in [0, 0.1) is 23.2 Å². The first-order chi connectivity index (χ1) is 11.4. The molecule has 3 nitrogen and oxygen atoms in total. The highest BCUT2D eigenvalue weighted by molar-refractivity contribution is 5.69. The van der Waals surface area contributed by atoms with Crippen LogP contribution in [-0.4, -0.2) is 11.6 Å². The van der Waals surface area contributed by atoms with Crippen LogP contribution in [0.3, 0.4) is 0 Å². The molecule has 4 atom stereocenters. The van der Waals surface area contributed by atoms with Gasteiger partial charge in [-0.2, -0.15) is 5.26 Å². The third-order valence-corrected chi connectivity index (χ3v) is 5.84. The molecule has 128 valence electrons. The summed E-state index contributed by atoms with van der Waals surface area (Å²) in [7, 11) is 0. The summed E-state index contributed by atoms with van der Waals surface area (Å²) < 4.78 is 20.2. The Labute approximate surface area is 142 Å². The maximum absolute atomic E-state index is 15.0. The Balaban J connectivity index is 1.87. The highest BCUT2D eigenvalue weighted by Gasteiger charge is 2.48. The molecule has 0 amide bonds. The molecule has 24 heavy (non-hydrogen) atoms. The summed E-state index contributed by atoms with van der Waals surface area (Å²) in [6.45, 7) is 3.11. The smallest absolute Gasteiger partial charge is 0.308 e. The molecule has 2 aliphatic rings. The number of halogens is 1. The van der Waals surface area contributed by atoms with Crippen LogP contribution >= 0.6 is 0 Å². The van der Waals surface area contributed by atoms with E-state index >= 15 is 4.39 Å². The first-order valence-corrected chi connectivity index (χ1v) is 8.79. The van der Waals surface area contributed by atoms with Gasteiger partial charge in [0.15, 0.2) is 0 Å². The number of carbonyl (C=O) groups excluding carboxylic acids is 1. The van der Waals surface area contributed by atoms with Crippen molar-refractivity contribution in [2.75, 3.05) is 0 Å². The fourth-order valence-electron chi connectivity index (χ4n) is 4.80. The Morgan fingerprint density at radius 3 is 2.96 bits per heavy atom. The zero-order valence-electron chi connectivity index (χ0n) is 14.3. The van der Waals surface area contributed by atoms with Crippen LogP contribution in [0.25, 0.3) is 0 Å². The number of carbonyl (C=O) groups is 1. The molecule has 1 aromatic rings. The largest absolute Gasteiger partial charge is 0.427 e. The number of rotatable bonds is 3. The van der Waals surface area contributed by atoms with Gasteiger partial charge in [-0.05, 0) is 80.0 Å². The van der Waals surface area contributed by atoms with E-state index in [1.165, 1.54) is 18.1 Å². The summed E-state index contributed by atoms with van der Waals surface area (Å²) in [6.07, 6.45) is 4.29. The summed E-state index contributed by atoms with van der Waals surface area (Å²) in [6, 6.07) is 8.03. The Morgan fingerprint density at radius 1 is 1.46 bits per heavy atom. The van der Waals surface area contributed by atoms with Crippen LogP contribution in [0.4, 0.5) is 4.39 Å². The molecule has 4 heteroatoms. The molecule has 0 radical (unpaired) electrons. The Bertz CT molecular complexity index is 677. The minimum absolute atomic E-state index is 0.0443. The standard InChI is InChI=1S/C20H24FNO2/c1-13(23)24-15-6-8-16-14(12-15)5-7-18-17(16)9-10-20(2,21)19(18)4-3-11-22/h6,8,12,17-19H,3-5,7,9-10H2,1-2H3/t17?,18?,19-,20-/m1/s1. The molecule has 0 saturated heterocycles. The van der Waals surface area contributed by atoms with E-state index in [0.29, 0.717) is 36.8 Å². The lowest BCUT2D eigenvalue weighted by Gasteiger charge is -2.48. The first-order valence-electron chi connectivity index (χ1n) is 8.79. The van der Waals surface area contributed by atoms with E-state index in [1.807, 2.05) is 18.2 Å². The highest BCUT2D eigenvalue weighted by atomic mass is 19.1. The third kappa shape index (κ3) is 3.17. The van der Waals surface area contributed by atoms with E-state index in [-0.39, 0.29) is 11.9 Å². The van der Waals surface area contributed by atoms with Crippen molar-refractivity contribution in [1.29, 1.82) is 5.26 Å². The number of fused-ring (bicyclic) bond motifs is 3. The molecular weight excluding hydrogens is 305 g/mol. The molecule has 0 aliphatic heterocycles. The minimum Gasteiger partial charge on any atom is -0.427 e. The maximum atomic E-state index is 15.0. The van der Waals surface area contributed by atoms with Crippen molar-refractivity contribution in [3.63, 3.8) is 0 Å². The maximum Gasteiger partial charge on any atom is 0.308 e. The zero-order chi connectivity index (χ0) is 17.3. The molecule has 1 fully saturated rings. The predicted octanol–water partition coefficient (Wildman–Crippen LogP) is 4.70. The number of benzene rings is 1. The summed E-state index contributed by atoms with van der Waals surface area (Å²) >= 11 is 0. The first kappa shape index (κ1) is 17.0. The number of hydrogen-bond acceptors (Lipinski definition) is 3. The summed E-state index contributed by atoms with van der Waals surface area (Å²) in [5.74, 6) is 0.886. The number of esters is 1. The fourth-order valence-corrected chi connectivity index (χ4v) is 4.80. The fraction of sp³-hybridized carbons (Fsp3) is 0.600. The van der Waals surface area contributed by atoms with Crippen LogP contribution in [0.5, 0.6) is 5.75 Å². The minimum atomic E-state index is -1.17. The van der Waals surface area contributed by atoms with Gasteiger partial charge in [-0.1, -0.05) is 6.07 Å². The summed E-state index contributed by atoms with van der Waals surface area (Å²) in [5, 5.41) is 8.91. The van der Waals surface area contributed by atoms with Crippen LogP contribution in [0.2, 0.25) is 0 Å². The lowest BCUT2D eigenvalue weighted by molar-refractivity contribution is -0.131. The second-order valence-electron chi connectivity index (χ2n) is 7.38. The zero-order valence-corrected chi connectivity index (χ0v) is 14.3. The summed E-state index contributed by atoms with van der Waals surface area (Å²) in [4.78, 5) is 11.1. The molecule has 0 bridgehead atoms. The Hall–Kier alpha value is -1.89. The highest BCUT2D eigenvalue weighted by Crippen LogP contribution is 2.54.